The summed E-state index contributed by atoms with van der Waals surface area (Å²) in [4.78, 5) is 2.46. The number of benzene rings is 1. The van der Waals surface area contributed by atoms with Crippen molar-refractivity contribution in [1.82, 2.24) is 4.90 Å². The topological polar surface area (TPSA) is 12.5 Å². The molecule has 1 aromatic rings. The van der Waals surface area contributed by atoms with Gasteiger partial charge in [-0.2, -0.15) is 0 Å². The first kappa shape index (κ1) is 10.6. The predicted molar refractivity (Wildman–Crippen MR) is 71.1 cm³/mol. The fraction of sp³-hybridized carbons (Fsp3) is 0.333. The number of allylic oxidation sites excluding steroid dienone is 2. The number of nitrogens with zero attached hydrogens (tertiary/aromatic N) is 1. The molecular weight excluding hydrogens is 210 g/mol. The zero-order chi connectivity index (χ0) is 11.7. The van der Waals surface area contributed by atoms with Crippen molar-refractivity contribution in [3.05, 3.63) is 41.5 Å². The Kier molecular flexibility index (Phi) is 2.73. The van der Waals surface area contributed by atoms with Crippen molar-refractivity contribution in [3.8, 4) is 5.75 Å². The first-order valence-electron chi connectivity index (χ1n) is 6.16. The molecule has 2 nitrogen and oxygen atoms in total. The smallest absolute Gasteiger partial charge is 0.119 e. The molecule has 1 aliphatic carbocycles. The molecular formula is C15H17NO. The van der Waals surface area contributed by atoms with Crippen LogP contribution in [-0.2, 0) is 0 Å². The van der Waals surface area contributed by atoms with Crippen molar-refractivity contribution in [3.63, 3.8) is 0 Å². The fourth-order valence-electron chi connectivity index (χ4n) is 2.30. The number of likely N-dealkylation sites (tertiary alicyclic amines) is 1. The molecule has 0 saturated carbocycles. The van der Waals surface area contributed by atoms with Crippen molar-refractivity contribution < 1.29 is 4.74 Å². The third kappa shape index (κ3) is 2.01. The van der Waals surface area contributed by atoms with Crippen molar-refractivity contribution >= 4 is 11.6 Å². The molecule has 0 amide bonds. The fourth-order valence-corrected chi connectivity index (χ4v) is 2.30. The zero-order valence-corrected chi connectivity index (χ0v) is 10.1. The predicted octanol–water partition coefficient (Wildman–Crippen LogP) is 2.81. The third-order valence-corrected chi connectivity index (χ3v) is 3.53. The van der Waals surface area contributed by atoms with Gasteiger partial charge in [-0.05, 0) is 48.3 Å². The summed E-state index contributed by atoms with van der Waals surface area (Å²) < 4.78 is 5.28. The molecule has 17 heavy (non-hydrogen) atoms. The van der Waals surface area contributed by atoms with Gasteiger partial charge in [-0.25, -0.2) is 0 Å². The Bertz CT molecular complexity index is 484. The summed E-state index contributed by atoms with van der Waals surface area (Å²) in [5.74, 6) is 0.933. The van der Waals surface area contributed by atoms with Crippen LogP contribution in [-0.4, -0.2) is 31.6 Å². The molecule has 1 heterocycles. The van der Waals surface area contributed by atoms with Gasteiger partial charge in [0.1, 0.15) is 5.75 Å². The molecule has 2 aliphatic rings. The maximum absolute atomic E-state index is 5.28. The van der Waals surface area contributed by atoms with Gasteiger partial charge in [0, 0.05) is 6.54 Å². The number of fused-ring (bicyclic) bond motifs is 1. The second-order valence-electron chi connectivity index (χ2n) is 4.60. The van der Waals surface area contributed by atoms with Gasteiger partial charge in [0.05, 0.1) is 7.11 Å². The molecule has 1 aromatic carbocycles. The van der Waals surface area contributed by atoms with Gasteiger partial charge in [-0.15, -0.1) is 0 Å². The van der Waals surface area contributed by atoms with E-state index in [9.17, 15) is 0 Å². The van der Waals surface area contributed by atoms with E-state index in [0.717, 1.165) is 12.3 Å². The van der Waals surface area contributed by atoms with Crippen LogP contribution in [0.4, 0.5) is 0 Å². The van der Waals surface area contributed by atoms with Gasteiger partial charge >= 0.3 is 0 Å². The Labute approximate surface area is 102 Å². The molecule has 1 aliphatic heterocycles. The highest BCUT2D eigenvalue weighted by Crippen LogP contribution is 2.32. The molecule has 0 unspecified atom stereocenters. The lowest BCUT2D eigenvalue weighted by atomic mass is 10.1. The molecule has 3 rings (SSSR count). The van der Waals surface area contributed by atoms with E-state index in [2.05, 4.69) is 35.3 Å². The van der Waals surface area contributed by atoms with E-state index >= 15 is 0 Å². The Balaban J connectivity index is 1.83. The van der Waals surface area contributed by atoms with Gasteiger partial charge in [0.2, 0.25) is 0 Å². The van der Waals surface area contributed by atoms with E-state index in [1.165, 1.54) is 36.2 Å². The van der Waals surface area contributed by atoms with E-state index in [1.54, 1.807) is 7.11 Å². The minimum atomic E-state index is 0.933. The zero-order valence-electron chi connectivity index (χ0n) is 10.1. The number of hydrogen-bond donors (Lipinski definition) is 0. The maximum Gasteiger partial charge on any atom is 0.119 e. The van der Waals surface area contributed by atoms with Gasteiger partial charge in [0.15, 0.2) is 0 Å². The summed E-state index contributed by atoms with van der Waals surface area (Å²) in [6, 6.07) is 6.26. The van der Waals surface area contributed by atoms with Crippen LogP contribution in [0.3, 0.4) is 0 Å². The number of methoxy groups -OCH3 is 1. The number of ether oxygens (including phenoxy) is 1. The summed E-state index contributed by atoms with van der Waals surface area (Å²) in [5.41, 5.74) is 3.91. The quantitative estimate of drug-likeness (QED) is 0.787. The summed E-state index contributed by atoms with van der Waals surface area (Å²) in [6.45, 7) is 3.56. The van der Waals surface area contributed by atoms with Crippen LogP contribution < -0.4 is 4.74 Å². The van der Waals surface area contributed by atoms with Crippen LogP contribution in [0.1, 0.15) is 17.5 Å². The molecule has 1 saturated heterocycles. The summed E-state index contributed by atoms with van der Waals surface area (Å²) in [7, 11) is 1.72. The van der Waals surface area contributed by atoms with Crippen LogP contribution in [0, 0.1) is 0 Å². The molecule has 0 spiro atoms. The number of hydrogen-bond acceptors (Lipinski definition) is 2. The second kappa shape index (κ2) is 4.38. The Morgan fingerprint density at radius 2 is 2.18 bits per heavy atom. The first-order valence-corrected chi connectivity index (χ1v) is 6.16. The number of rotatable bonds is 3. The van der Waals surface area contributed by atoms with Crippen LogP contribution in [0.25, 0.3) is 11.6 Å². The minimum absolute atomic E-state index is 0.933. The van der Waals surface area contributed by atoms with Gasteiger partial charge in [-0.3, -0.25) is 4.90 Å². The van der Waals surface area contributed by atoms with E-state index in [0.29, 0.717) is 0 Å². The van der Waals surface area contributed by atoms with Gasteiger partial charge < -0.3 is 4.74 Å². The molecule has 2 heteroatoms. The molecule has 1 fully saturated rings. The largest absolute Gasteiger partial charge is 0.497 e. The Morgan fingerprint density at radius 3 is 2.88 bits per heavy atom. The average Bonchev–Trinajstić information content (AvgIpc) is 2.69. The van der Waals surface area contributed by atoms with Crippen molar-refractivity contribution in [2.24, 2.45) is 0 Å². The lowest BCUT2D eigenvalue weighted by Gasteiger charge is -2.29. The average molecular weight is 227 g/mol. The molecule has 0 N–H and O–H groups in total. The normalized spacial score (nSPS) is 20.4. The third-order valence-electron chi connectivity index (χ3n) is 3.53. The molecule has 88 valence electrons. The highest BCUT2D eigenvalue weighted by molar-refractivity contribution is 5.90. The first-order chi connectivity index (χ1) is 8.36. The highest BCUT2D eigenvalue weighted by Gasteiger charge is 2.14. The van der Waals surface area contributed by atoms with E-state index in [1.807, 2.05) is 6.07 Å². The minimum Gasteiger partial charge on any atom is -0.497 e. The lowest BCUT2D eigenvalue weighted by Crippen LogP contribution is -2.37. The van der Waals surface area contributed by atoms with E-state index in [-0.39, 0.29) is 0 Å². The standard InChI is InChI=1S/C15H17NO/c1-17-14-6-5-12-3-4-13(15(12)11-14)7-10-16-8-2-9-16/h3-7,11H,2,8-10H2,1H3/b13-7+. The lowest BCUT2D eigenvalue weighted by molar-refractivity contribution is 0.203. The van der Waals surface area contributed by atoms with E-state index < -0.39 is 0 Å². The summed E-state index contributed by atoms with van der Waals surface area (Å²) in [6.07, 6.45) is 8.05. The highest BCUT2D eigenvalue weighted by atomic mass is 16.5. The Morgan fingerprint density at radius 1 is 1.29 bits per heavy atom. The molecule has 0 radical (unpaired) electrons. The van der Waals surface area contributed by atoms with Crippen LogP contribution in [0.2, 0.25) is 0 Å². The van der Waals surface area contributed by atoms with Gasteiger partial charge in [-0.1, -0.05) is 24.3 Å². The SMILES string of the molecule is COc1ccc2c(c1)/C(=C/CN1CCC1)C=C2. The van der Waals surface area contributed by atoms with Crippen LogP contribution in [0.5, 0.6) is 5.75 Å². The molecule has 0 atom stereocenters. The molecule has 0 bridgehead atoms. The monoisotopic (exact) mass is 227 g/mol. The second-order valence-corrected chi connectivity index (χ2v) is 4.60. The van der Waals surface area contributed by atoms with Gasteiger partial charge in [0.25, 0.3) is 0 Å². The van der Waals surface area contributed by atoms with Crippen LogP contribution >= 0.6 is 0 Å². The summed E-state index contributed by atoms with van der Waals surface area (Å²) in [5, 5.41) is 0. The van der Waals surface area contributed by atoms with Crippen molar-refractivity contribution in [2.75, 3.05) is 26.7 Å². The van der Waals surface area contributed by atoms with Crippen molar-refractivity contribution in [1.29, 1.82) is 0 Å². The van der Waals surface area contributed by atoms with E-state index in [4.69, 9.17) is 4.74 Å². The maximum atomic E-state index is 5.28. The molecule has 0 aromatic heterocycles. The van der Waals surface area contributed by atoms with Crippen molar-refractivity contribution in [2.45, 2.75) is 6.42 Å². The summed E-state index contributed by atoms with van der Waals surface area (Å²) >= 11 is 0. The Hall–Kier alpha value is -1.54. The van der Waals surface area contributed by atoms with Crippen LogP contribution in [0.15, 0.2) is 30.4 Å².